The summed E-state index contributed by atoms with van der Waals surface area (Å²) in [6.45, 7) is 1.00. The fourth-order valence-electron chi connectivity index (χ4n) is 1.16. The lowest BCUT2D eigenvalue weighted by Crippen LogP contribution is -2.17. The Labute approximate surface area is 111 Å². The van der Waals surface area contributed by atoms with Gasteiger partial charge in [0.1, 0.15) is 0 Å². The van der Waals surface area contributed by atoms with Crippen molar-refractivity contribution in [1.82, 2.24) is 15.0 Å². The van der Waals surface area contributed by atoms with Crippen LogP contribution in [0.2, 0.25) is 0 Å². The summed E-state index contributed by atoms with van der Waals surface area (Å²) in [6.07, 6.45) is 0.828. The highest BCUT2D eigenvalue weighted by molar-refractivity contribution is 7.99. The number of nitrogens with one attached hydrogen (secondary N) is 1. The Kier molecular flexibility index (Phi) is 6.51. The zero-order valence-electron chi connectivity index (χ0n) is 10.8. The summed E-state index contributed by atoms with van der Waals surface area (Å²) in [5, 5.41) is 11.7. The smallest absolute Gasteiger partial charge is 0.231 e. The molecule has 0 radical (unpaired) electrons. The van der Waals surface area contributed by atoms with Crippen LogP contribution in [-0.2, 0) is 0 Å². The summed E-state index contributed by atoms with van der Waals surface area (Å²) in [4.78, 5) is 14.0. The molecule has 0 bridgehead atoms. The van der Waals surface area contributed by atoms with E-state index in [1.54, 1.807) is 16.7 Å². The van der Waals surface area contributed by atoms with E-state index in [-0.39, 0.29) is 12.6 Å². The molecule has 0 fully saturated rings. The summed E-state index contributed by atoms with van der Waals surface area (Å²) in [6, 6.07) is 0. The lowest BCUT2D eigenvalue weighted by Gasteiger charge is -2.12. The van der Waals surface area contributed by atoms with Crippen LogP contribution in [0, 0.1) is 0 Å². The zero-order valence-corrected chi connectivity index (χ0v) is 11.6. The minimum atomic E-state index is 0.212. The van der Waals surface area contributed by atoms with Gasteiger partial charge in [-0.05, 0) is 12.2 Å². The molecule has 0 unspecified atom stereocenters. The number of aromatic nitrogens is 3. The molecule has 1 rings (SSSR count). The van der Waals surface area contributed by atoms with Crippen LogP contribution in [-0.4, -0.2) is 58.8 Å². The lowest BCUT2D eigenvalue weighted by molar-refractivity contribution is 0.296. The average molecular weight is 272 g/mol. The molecule has 1 aromatic heterocycles. The van der Waals surface area contributed by atoms with Gasteiger partial charge in [0, 0.05) is 33.0 Å². The maximum absolute atomic E-state index is 8.64. The quantitative estimate of drug-likeness (QED) is 0.571. The van der Waals surface area contributed by atoms with E-state index in [1.165, 1.54) is 0 Å². The zero-order chi connectivity index (χ0) is 13.4. The van der Waals surface area contributed by atoms with Crippen LogP contribution in [0.1, 0.15) is 6.42 Å². The molecule has 1 heterocycles. The second kappa shape index (κ2) is 7.93. The third-order valence-corrected chi connectivity index (χ3v) is 3.09. The van der Waals surface area contributed by atoms with E-state index in [9.17, 15) is 0 Å². The van der Waals surface area contributed by atoms with Gasteiger partial charge in [0.05, 0.1) is 0 Å². The van der Waals surface area contributed by atoms with E-state index in [0.717, 1.165) is 24.5 Å². The van der Waals surface area contributed by atoms with E-state index in [4.69, 9.17) is 10.8 Å². The minimum absolute atomic E-state index is 0.212. The number of aliphatic hydroxyl groups is 1. The maximum atomic E-state index is 8.64. The predicted molar refractivity (Wildman–Crippen MR) is 76.1 cm³/mol. The summed E-state index contributed by atoms with van der Waals surface area (Å²) in [7, 11) is 3.70. The fraction of sp³-hybridized carbons (Fsp3) is 0.700. The highest BCUT2D eigenvalue weighted by Crippen LogP contribution is 2.09. The van der Waals surface area contributed by atoms with E-state index in [1.807, 2.05) is 14.1 Å². The molecule has 0 aliphatic carbocycles. The van der Waals surface area contributed by atoms with Crippen LogP contribution in [0.5, 0.6) is 0 Å². The van der Waals surface area contributed by atoms with Crippen molar-refractivity contribution in [2.24, 2.45) is 0 Å². The Morgan fingerprint density at radius 3 is 2.72 bits per heavy atom. The molecule has 0 amide bonds. The first-order valence-corrected chi connectivity index (χ1v) is 6.90. The van der Waals surface area contributed by atoms with Crippen molar-refractivity contribution in [2.45, 2.75) is 6.42 Å². The SMILES string of the molecule is CN(C)c1nc(N)nc(NCCSCCCO)n1. The molecule has 8 heteroatoms. The number of aliphatic hydroxyl groups excluding tert-OH is 1. The molecule has 4 N–H and O–H groups in total. The van der Waals surface area contributed by atoms with Crippen molar-refractivity contribution < 1.29 is 5.11 Å². The van der Waals surface area contributed by atoms with Crippen molar-refractivity contribution >= 4 is 29.6 Å². The minimum Gasteiger partial charge on any atom is -0.396 e. The first-order valence-electron chi connectivity index (χ1n) is 5.75. The molecule has 0 saturated carbocycles. The number of rotatable bonds is 8. The molecule has 18 heavy (non-hydrogen) atoms. The number of nitrogens with two attached hydrogens (primary N) is 1. The fourth-order valence-corrected chi connectivity index (χ4v) is 1.95. The van der Waals surface area contributed by atoms with Gasteiger partial charge in [-0.1, -0.05) is 0 Å². The van der Waals surface area contributed by atoms with Gasteiger partial charge < -0.3 is 21.1 Å². The Bertz CT molecular complexity index is 362. The second-order valence-corrected chi connectivity index (χ2v) is 5.05. The van der Waals surface area contributed by atoms with Gasteiger partial charge in [-0.3, -0.25) is 0 Å². The number of anilines is 3. The number of thioether (sulfide) groups is 1. The van der Waals surface area contributed by atoms with Crippen LogP contribution in [0.3, 0.4) is 0 Å². The number of hydrogen-bond donors (Lipinski definition) is 3. The Morgan fingerprint density at radius 2 is 2.06 bits per heavy atom. The van der Waals surface area contributed by atoms with E-state index in [0.29, 0.717) is 11.9 Å². The Balaban J connectivity index is 2.37. The third-order valence-electron chi connectivity index (χ3n) is 2.02. The first kappa shape index (κ1) is 14.8. The van der Waals surface area contributed by atoms with Gasteiger partial charge in [-0.15, -0.1) is 0 Å². The van der Waals surface area contributed by atoms with E-state index >= 15 is 0 Å². The van der Waals surface area contributed by atoms with Gasteiger partial charge >= 0.3 is 0 Å². The molecule has 0 atom stereocenters. The van der Waals surface area contributed by atoms with Crippen molar-refractivity contribution in [3.8, 4) is 0 Å². The van der Waals surface area contributed by atoms with Gasteiger partial charge in [0.15, 0.2) is 0 Å². The van der Waals surface area contributed by atoms with Gasteiger partial charge in [-0.25, -0.2) is 0 Å². The van der Waals surface area contributed by atoms with Crippen LogP contribution >= 0.6 is 11.8 Å². The summed E-state index contributed by atoms with van der Waals surface area (Å²) in [5.41, 5.74) is 5.61. The number of nitrogen functional groups attached to an aromatic ring is 1. The van der Waals surface area contributed by atoms with E-state index in [2.05, 4.69) is 20.3 Å². The van der Waals surface area contributed by atoms with Crippen LogP contribution in [0.15, 0.2) is 0 Å². The van der Waals surface area contributed by atoms with Crippen molar-refractivity contribution in [3.05, 3.63) is 0 Å². The topological polar surface area (TPSA) is 100 Å². The van der Waals surface area contributed by atoms with Crippen LogP contribution in [0.25, 0.3) is 0 Å². The second-order valence-electron chi connectivity index (χ2n) is 3.83. The largest absolute Gasteiger partial charge is 0.396 e. The van der Waals surface area contributed by atoms with Crippen LogP contribution in [0.4, 0.5) is 17.8 Å². The summed E-state index contributed by atoms with van der Waals surface area (Å²) in [5.74, 6) is 3.14. The van der Waals surface area contributed by atoms with Crippen molar-refractivity contribution in [1.29, 1.82) is 0 Å². The van der Waals surface area contributed by atoms with Crippen LogP contribution < -0.4 is 16.0 Å². The molecule has 0 aliphatic rings. The monoisotopic (exact) mass is 272 g/mol. The third kappa shape index (κ3) is 5.37. The standard InChI is InChI=1S/C10H20N6OS/c1-16(2)10-14-8(11)13-9(15-10)12-4-7-18-6-3-5-17/h17H,3-7H2,1-2H3,(H3,11,12,13,14,15). The maximum Gasteiger partial charge on any atom is 0.231 e. The predicted octanol–water partition coefficient (Wildman–Crippen LogP) is 0.0473. The molecule has 0 saturated heterocycles. The molecular weight excluding hydrogens is 252 g/mol. The molecule has 102 valence electrons. The highest BCUT2D eigenvalue weighted by Gasteiger charge is 2.05. The normalized spacial score (nSPS) is 10.4. The molecule has 1 aromatic rings. The molecule has 7 nitrogen and oxygen atoms in total. The van der Waals surface area contributed by atoms with Gasteiger partial charge in [0.2, 0.25) is 17.8 Å². The first-order chi connectivity index (χ1) is 8.63. The molecule has 0 spiro atoms. The van der Waals surface area contributed by atoms with Gasteiger partial charge in [-0.2, -0.15) is 26.7 Å². The molecule has 0 aromatic carbocycles. The number of hydrogen-bond acceptors (Lipinski definition) is 8. The summed E-state index contributed by atoms with van der Waals surface area (Å²) < 4.78 is 0. The van der Waals surface area contributed by atoms with Gasteiger partial charge in [0.25, 0.3) is 0 Å². The van der Waals surface area contributed by atoms with Crippen molar-refractivity contribution in [3.63, 3.8) is 0 Å². The lowest BCUT2D eigenvalue weighted by atomic mass is 10.5. The van der Waals surface area contributed by atoms with E-state index < -0.39 is 0 Å². The average Bonchev–Trinajstić information content (AvgIpc) is 2.33. The summed E-state index contributed by atoms with van der Waals surface area (Å²) >= 11 is 1.78. The number of nitrogens with zero attached hydrogens (tertiary/aromatic N) is 4. The molecule has 0 aliphatic heterocycles. The van der Waals surface area contributed by atoms with Crippen molar-refractivity contribution in [2.75, 3.05) is 54.7 Å². The highest BCUT2D eigenvalue weighted by atomic mass is 32.2. The Morgan fingerprint density at radius 1 is 1.28 bits per heavy atom. The Hall–Kier alpha value is -1.28. The molecular formula is C10H20N6OS.